The van der Waals surface area contributed by atoms with Gasteiger partial charge in [-0.1, -0.05) is 140 Å². The number of rotatable bonds is 4. The highest BCUT2D eigenvalue weighted by molar-refractivity contribution is 6.12. The average Bonchev–Trinajstić information content (AvgIpc) is 3.70. The Bertz CT molecular complexity index is 2480. The van der Waals surface area contributed by atoms with E-state index in [0.717, 1.165) is 34.6 Å². The van der Waals surface area contributed by atoms with Crippen molar-refractivity contribution >= 4 is 45.7 Å². The Morgan fingerprint density at radius 1 is 0.600 bits per heavy atom. The van der Waals surface area contributed by atoms with Gasteiger partial charge in [0.2, 0.25) is 5.96 Å². The number of nitrogens with zero attached hydrogens (tertiary/aromatic N) is 4. The first kappa shape index (κ1) is 28.5. The van der Waals surface area contributed by atoms with E-state index in [1.165, 1.54) is 44.6 Å². The van der Waals surface area contributed by atoms with Crippen molar-refractivity contribution in [2.75, 3.05) is 4.90 Å². The van der Waals surface area contributed by atoms with Crippen LogP contribution in [0, 0.1) is 0 Å². The summed E-state index contributed by atoms with van der Waals surface area (Å²) in [7, 11) is 0. The van der Waals surface area contributed by atoms with E-state index < -0.39 is 0 Å². The van der Waals surface area contributed by atoms with Crippen LogP contribution in [0.1, 0.15) is 34.1 Å². The zero-order valence-electron chi connectivity index (χ0n) is 27.3. The number of anilines is 2. The molecule has 0 radical (unpaired) electrons. The van der Waals surface area contributed by atoms with Crippen molar-refractivity contribution in [3.8, 4) is 11.1 Å². The van der Waals surface area contributed by atoms with Crippen LogP contribution in [0.3, 0.4) is 0 Å². The zero-order valence-corrected chi connectivity index (χ0v) is 27.3. The van der Waals surface area contributed by atoms with E-state index in [9.17, 15) is 0 Å². The van der Waals surface area contributed by atoms with Crippen molar-refractivity contribution in [2.24, 2.45) is 9.98 Å². The molecular weight excluding hydrogens is 611 g/mol. The number of hydrogen-bond acceptors (Lipinski definition) is 4. The molecule has 5 heteroatoms. The second-order valence-electron chi connectivity index (χ2n) is 13.0. The summed E-state index contributed by atoms with van der Waals surface area (Å²) in [5.41, 5.74) is 13.1. The van der Waals surface area contributed by atoms with Gasteiger partial charge in [-0.05, 0) is 58.2 Å². The highest BCUT2D eigenvalue weighted by Crippen LogP contribution is 2.50. The first-order chi connectivity index (χ1) is 24.8. The molecule has 7 aromatic rings. The maximum Gasteiger partial charge on any atom is 0.234 e. The lowest BCUT2D eigenvalue weighted by Crippen LogP contribution is -2.35. The quantitative estimate of drug-likeness (QED) is 0.208. The zero-order chi connectivity index (χ0) is 33.0. The molecule has 0 fully saturated rings. The van der Waals surface area contributed by atoms with Crippen molar-refractivity contribution in [2.45, 2.75) is 18.6 Å². The lowest BCUT2D eigenvalue weighted by molar-refractivity contribution is 0.667. The molecule has 0 bridgehead atoms. The summed E-state index contributed by atoms with van der Waals surface area (Å²) < 4.78 is 2.29. The Kier molecular flexibility index (Phi) is 6.62. The first-order valence-corrected chi connectivity index (χ1v) is 17.2. The lowest BCUT2D eigenvalue weighted by Gasteiger charge is -2.30. The van der Waals surface area contributed by atoms with Crippen molar-refractivity contribution in [3.05, 3.63) is 192 Å². The number of fused-ring (bicyclic) bond motifs is 6. The van der Waals surface area contributed by atoms with Crippen molar-refractivity contribution in [3.63, 3.8) is 0 Å². The summed E-state index contributed by atoms with van der Waals surface area (Å²) >= 11 is 0. The highest BCUT2D eigenvalue weighted by Gasteiger charge is 2.39. The second-order valence-corrected chi connectivity index (χ2v) is 13.0. The summed E-state index contributed by atoms with van der Waals surface area (Å²) in [5, 5.41) is 4.91. The number of amidine groups is 1. The molecule has 3 aliphatic rings. The van der Waals surface area contributed by atoms with E-state index in [1.807, 2.05) is 6.07 Å². The number of para-hydroxylation sites is 3. The molecule has 2 aliphatic heterocycles. The third kappa shape index (κ3) is 4.62. The molecule has 0 amide bonds. The fourth-order valence-corrected chi connectivity index (χ4v) is 7.88. The van der Waals surface area contributed by atoms with Crippen LogP contribution < -0.4 is 10.2 Å². The van der Waals surface area contributed by atoms with E-state index in [1.54, 1.807) is 0 Å². The van der Waals surface area contributed by atoms with Crippen LogP contribution in [0.5, 0.6) is 0 Å². The maximum atomic E-state index is 5.36. The summed E-state index contributed by atoms with van der Waals surface area (Å²) in [6.07, 6.45) is 2.96. The van der Waals surface area contributed by atoms with Gasteiger partial charge in [0, 0.05) is 34.3 Å². The summed E-state index contributed by atoms with van der Waals surface area (Å²) in [6, 6.07) is 58.1. The van der Waals surface area contributed by atoms with Crippen LogP contribution in [-0.2, 0) is 6.42 Å². The van der Waals surface area contributed by atoms with Gasteiger partial charge in [0.25, 0.3) is 0 Å². The van der Waals surface area contributed by atoms with Gasteiger partial charge in [-0.3, -0.25) is 4.57 Å². The smallest absolute Gasteiger partial charge is 0.234 e. The molecule has 0 spiro atoms. The van der Waals surface area contributed by atoms with Crippen molar-refractivity contribution in [1.82, 2.24) is 9.88 Å². The van der Waals surface area contributed by atoms with Gasteiger partial charge >= 0.3 is 0 Å². The minimum Gasteiger partial charge on any atom is -0.344 e. The Morgan fingerprint density at radius 3 is 2.02 bits per heavy atom. The van der Waals surface area contributed by atoms with Crippen LogP contribution in [0.25, 0.3) is 33.7 Å². The normalized spacial score (nSPS) is 17.6. The topological polar surface area (TPSA) is 44.9 Å². The molecule has 238 valence electrons. The molecule has 2 atom stereocenters. The van der Waals surface area contributed by atoms with Crippen LogP contribution in [0.15, 0.2) is 174 Å². The predicted molar refractivity (Wildman–Crippen MR) is 206 cm³/mol. The largest absolute Gasteiger partial charge is 0.344 e. The first-order valence-electron chi connectivity index (χ1n) is 17.2. The highest BCUT2D eigenvalue weighted by atomic mass is 15.3. The fraction of sp³-hybridized carbons (Fsp3) is 0.0667. The standard InChI is InChI=1S/C45H33N5/c1-4-14-30(15-5-1)31-24-26-33(27-25-31)44-46-43(32-16-6-2-7-17-32)47-45(48-44)50-40-23-13-11-21-36(40)38-28-41-37(29-42(38)50)35-20-10-12-22-39(35)49(41)34-18-8-3-9-19-34/h1-27,29,41,44H,28H2,(H,46,47,48). The van der Waals surface area contributed by atoms with E-state index in [2.05, 4.69) is 179 Å². The molecule has 6 aromatic carbocycles. The molecule has 10 rings (SSSR count). The van der Waals surface area contributed by atoms with Gasteiger partial charge in [-0.2, -0.15) is 4.99 Å². The van der Waals surface area contributed by atoms with Crippen molar-refractivity contribution in [1.29, 1.82) is 0 Å². The van der Waals surface area contributed by atoms with Gasteiger partial charge in [0.1, 0.15) is 12.0 Å². The van der Waals surface area contributed by atoms with Gasteiger partial charge in [-0.25, -0.2) is 4.99 Å². The second kappa shape index (κ2) is 11.6. The Morgan fingerprint density at radius 2 is 1.24 bits per heavy atom. The molecule has 1 aromatic heterocycles. The third-order valence-corrected chi connectivity index (χ3v) is 10.2. The SMILES string of the molecule is C1=C2c3ccccc3N(c3ccccc3)C2Cc2c1n(C1=NC(c3ccc(-c4ccccc4)cc3)NC(c3ccccc3)=N1)c1ccccc21. The Labute approximate surface area is 291 Å². The monoisotopic (exact) mass is 643 g/mol. The van der Waals surface area contributed by atoms with Crippen LogP contribution in [0.2, 0.25) is 0 Å². The fourth-order valence-electron chi connectivity index (χ4n) is 7.88. The molecular formula is C45H33N5. The predicted octanol–water partition coefficient (Wildman–Crippen LogP) is 9.88. The minimum absolute atomic E-state index is 0.191. The lowest BCUT2D eigenvalue weighted by atomic mass is 9.89. The van der Waals surface area contributed by atoms with Gasteiger partial charge in [-0.15, -0.1) is 0 Å². The van der Waals surface area contributed by atoms with E-state index in [0.29, 0.717) is 5.96 Å². The van der Waals surface area contributed by atoms with Gasteiger partial charge in [0.15, 0.2) is 0 Å². The molecule has 2 unspecified atom stereocenters. The molecule has 3 heterocycles. The summed E-state index contributed by atoms with van der Waals surface area (Å²) in [4.78, 5) is 13.1. The number of nitrogens with one attached hydrogen (secondary N) is 1. The summed E-state index contributed by atoms with van der Waals surface area (Å²) in [6.45, 7) is 0. The molecule has 50 heavy (non-hydrogen) atoms. The van der Waals surface area contributed by atoms with E-state index >= 15 is 0 Å². The molecule has 1 N–H and O–H groups in total. The van der Waals surface area contributed by atoms with Gasteiger partial charge in [0.05, 0.1) is 17.3 Å². The molecule has 0 saturated carbocycles. The number of benzene rings is 6. The van der Waals surface area contributed by atoms with Crippen LogP contribution in [-0.4, -0.2) is 22.4 Å². The van der Waals surface area contributed by atoms with E-state index in [-0.39, 0.29) is 12.2 Å². The van der Waals surface area contributed by atoms with Crippen molar-refractivity contribution < 1.29 is 0 Å². The van der Waals surface area contributed by atoms with Crippen LogP contribution >= 0.6 is 0 Å². The Balaban J connectivity index is 1.14. The van der Waals surface area contributed by atoms with Gasteiger partial charge < -0.3 is 10.2 Å². The molecule has 5 nitrogen and oxygen atoms in total. The average molecular weight is 644 g/mol. The molecule has 0 saturated heterocycles. The van der Waals surface area contributed by atoms with E-state index in [4.69, 9.17) is 9.98 Å². The maximum absolute atomic E-state index is 5.36. The number of hydrogen-bond donors (Lipinski definition) is 1. The summed E-state index contributed by atoms with van der Waals surface area (Å²) in [5.74, 6) is 1.49. The molecule has 1 aliphatic carbocycles. The minimum atomic E-state index is -0.316. The Hall–Kier alpha value is -6.46. The number of aliphatic imine (C=N–C) groups is 2. The number of aromatic nitrogens is 1. The third-order valence-electron chi connectivity index (χ3n) is 10.2. The van der Waals surface area contributed by atoms with Crippen LogP contribution in [0.4, 0.5) is 11.4 Å².